The van der Waals surface area contributed by atoms with Crippen molar-refractivity contribution in [3.05, 3.63) is 53.1 Å². The van der Waals surface area contributed by atoms with E-state index in [0.717, 1.165) is 10.4 Å². The smallest absolute Gasteiger partial charge is 0.352 e. The second-order valence-corrected chi connectivity index (χ2v) is 4.49. The quantitative estimate of drug-likeness (QED) is 0.717. The van der Waals surface area contributed by atoms with Crippen molar-refractivity contribution in [3.63, 3.8) is 0 Å². The Morgan fingerprint density at radius 3 is 2.77 bits per heavy atom. The summed E-state index contributed by atoms with van der Waals surface area (Å²) in [7, 11) is 1.25. The molecule has 0 radical (unpaired) electrons. The first-order chi connectivity index (χ1) is 10.7. The van der Waals surface area contributed by atoms with Crippen LogP contribution in [-0.2, 0) is 16.1 Å². The number of carbonyl (C=O) groups is 1. The van der Waals surface area contributed by atoms with E-state index < -0.39 is 11.7 Å². The molecule has 0 saturated carbocycles. The number of fused-ring (bicyclic) bond motifs is 1. The van der Waals surface area contributed by atoms with Gasteiger partial charge in [0.25, 0.3) is 5.78 Å². The zero-order chi connectivity index (χ0) is 15.5. The topological polar surface area (TPSA) is 90.5 Å². The molecule has 2 aromatic heterocycles. The maximum absolute atomic E-state index is 12.0. The van der Waals surface area contributed by atoms with Crippen molar-refractivity contribution in [3.8, 4) is 0 Å². The number of ether oxygens (including phenoxy) is 1. The fourth-order valence-corrected chi connectivity index (χ4v) is 1.93. The Kier molecular flexibility index (Phi) is 3.57. The van der Waals surface area contributed by atoms with E-state index in [0.29, 0.717) is 5.82 Å². The maximum Gasteiger partial charge on any atom is 0.352 e. The van der Waals surface area contributed by atoms with Gasteiger partial charge in [0.1, 0.15) is 12.4 Å². The van der Waals surface area contributed by atoms with Crippen LogP contribution in [0.1, 0.15) is 0 Å². The number of benzene rings is 1. The Hall–Kier alpha value is -3.16. The summed E-state index contributed by atoms with van der Waals surface area (Å²) in [6, 6.07) is 11.2. The summed E-state index contributed by atoms with van der Waals surface area (Å²) in [5, 5.41) is 7.13. The molecule has 2 heterocycles. The molecule has 0 spiro atoms. The summed E-state index contributed by atoms with van der Waals surface area (Å²) >= 11 is 0. The molecule has 8 nitrogen and oxygen atoms in total. The predicted molar refractivity (Wildman–Crippen MR) is 79.0 cm³/mol. The predicted octanol–water partition coefficient (Wildman–Crippen LogP) is 0.808. The average molecular weight is 299 g/mol. The van der Waals surface area contributed by atoms with Gasteiger partial charge in [0, 0.05) is 11.9 Å². The number of hydrogen-bond acceptors (Lipinski definition) is 6. The normalized spacial score (nSPS) is 10.6. The molecule has 0 aliphatic heterocycles. The summed E-state index contributed by atoms with van der Waals surface area (Å²) in [5.74, 6) is 0.205. The Balaban J connectivity index is 1.93. The fourth-order valence-electron chi connectivity index (χ4n) is 1.93. The van der Waals surface area contributed by atoms with Crippen LogP contribution < -0.4 is 11.0 Å². The lowest BCUT2D eigenvalue weighted by atomic mass is 10.3. The third-order valence-corrected chi connectivity index (χ3v) is 3.01. The van der Waals surface area contributed by atoms with E-state index in [4.69, 9.17) is 0 Å². The van der Waals surface area contributed by atoms with E-state index in [1.54, 1.807) is 12.3 Å². The van der Waals surface area contributed by atoms with Crippen molar-refractivity contribution in [1.29, 1.82) is 0 Å². The highest BCUT2D eigenvalue weighted by Crippen LogP contribution is 2.13. The van der Waals surface area contributed by atoms with Gasteiger partial charge in [0.05, 0.1) is 7.11 Å². The van der Waals surface area contributed by atoms with Gasteiger partial charge < -0.3 is 10.1 Å². The zero-order valence-electron chi connectivity index (χ0n) is 11.8. The molecule has 22 heavy (non-hydrogen) atoms. The summed E-state index contributed by atoms with van der Waals surface area (Å²) in [6.07, 6.45) is 1.55. The van der Waals surface area contributed by atoms with Gasteiger partial charge in [-0.3, -0.25) is 4.79 Å². The first-order valence-corrected chi connectivity index (χ1v) is 6.52. The van der Waals surface area contributed by atoms with E-state index in [9.17, 15) is 9.59 Å². The molecular weight excluding hydrogens is 286 g/mol. The molecule has 3 rings (SSSR count). The minimum Gasteiger partial charge on any atom is -0.468 e. The molecular formula is C14H13N5O3. The third-order valence-electron chi connectivity index (χ3n) is 3.01. The van der Waals surface area contributed by atoms with Crippen LogP contribution in [0.5, 0.6) is 0 Å². The van der Waals surface area contributed by atoms with Crippen LogP contribution in [0.3, 0.4) is 0 Å². The van der Waals surface area contributed by atoms with Crippen molar-refractivity contribution in [2.45, 2.75) is 6.54 Å². The van der Waals surface area contributed by atoms with Gasteiger partial charge in [-0.25, -0.2) is 9.20 Å². The molecule has 0 unspecified atom stereocenters. The van der Waals surface area contributed by atoms with Gasteiger partial charge in [-0.1, -0.05) is 18.2 Å². The third kappa shape index (κ3) is 2.66. The molecule has 0 aliphatic carbocycles. The highest BCUT2D eigenvalue weighted by atomic mass is 16.5. The lowest BCUT2D eigenvalue weighted by Crippen LogP contribution is -2.25. The molecule has 0 amide bonds. The Bertz CT molecular complexity index is 869. The summed E-state index contributed by atoms with van der Waals surface area (Å²) in [4.78, 5) is 27.6. The molecule has 0 fully saturated rings. The van der Waals surface area contributed by atoms with E-state index in [1.807, 2.05) is 30.3 Å². The van der Waals surface area contributed by atoms with Crippen LogP contribution in [0.25, 0.3) is 5.78 Å². The van der Waals surface area contributed by atoms with Gasteiger partial charge in [-0.15, -0.1) is 5.10 Å². The van der Waals surface area contributed by atoms with Gasteiger partial charge >= 0.3 is 11.7 Å². The number of nitrogens with one attached hydrogen (secondary N) is 1. The minimum absolute atomic E-state index is 0.204. The molecule has 0 bridgehead atoms. The van der Waals surface area contributed by atoms with Crippen molar-refractivity contribution >= 4 is 23.3 Å². The molecule has 3 aromatic rings. The van der Waals surface area contributed by atoms with Crippen LogP contribution in [0.4, 0.5) is 11.5 Å². The number of aromatic nitrogens is 4. The van der Waals surface area contributed by atoms with Gasteiger partial charge in [-0.05, 0) is 18.2 Å². The molecule has 1 N–H and O–H groups in total. The zero-order valence-corrected chi connectivity index (χ0v) is 11.8. The van der Waals surface area contributed by atoms with E-state index >= 15 is 0 Å². The van der Waals surface area contributed by atoms with Crippen molar-refractivity contribution in [1.82, 2.24) is 19.2 Å². The van der Waals surface area contributed by atoms with Crippen LogP contribution in [0.15, 0.2) is 47.4 Å². The summed E-state index contributed by atoms with van der Waals surface area (Å²) in [5.41, 5.74) is 0.426. The average Bonchev–Trinajstić information content (AvgIpc) is 2.84. The van der Waals surface area contributed by atoms with Crippen molar-refractivity contribution in [2.75, 3.05) is 12.4 Å². The number of anilines is 2. The first kappa shape index (κ1) is 13.8. The van der Waals surface area contributed by atoms with Crippen LogP contribution in [-0.4, -0.2) is 32.2 Å². The number of para-hydroxylation sites is 1. The maximum atomic E-state index is 12.0. The molecule has 0 aliphatic rings. The van der Waals surface area contributed by atoms with E-state index in [-0.39, 0.29) is 12.3 Å². The van der Waals surface area contributed by atoms with E-state index in [2.05, 4.69) is 20.1 Å². The molecule has 8 heteroatoms. The molecule has 112 valence electrons. The fraction of sp³-hybridized carbons (Fsp3) is 0.143. The van der Waals surface area contributed by atoms with Crippen LogP contribution in [0.2, 0.25) is 0 Å². The first-order valence-electron chi connectivity index (χ1n) is 6.52. The van der Waals surface area contributed by atoms with Gasteiger partial charge in [0.15, 0.2) is 0 Å². The van der Waals surface area contributed by atoms with Gasteiger partial charge in [-0.2, -0.15) is 9.67 Å². The Labute approximate surface area is 125 Å². The summed E-state index contributed by atoms with van der Waals surface area (Å²) in [6.45, 7) is -0.250. The van der Waals surface area contributed by atoms with Gasteiger partial charge in [0.2, 0.25) is 0 Å². The standard InChI is InChI=1S/C14H13N5O3/c1-22-12(20)9-19-14(21)18-8-7-11(16-13(18)17-19)15-10-5-3-2-4-6-10/h2-8H,9H2,1H3,(H,15,16,17). The largest absolute Gasteiger partial charge is 0.468 e. The second kappa shape index (κ2) is 5.68. The van der Waals surface area contributed by atoms with Crippen LogP contribution in [0, 0.1) is 0 Å². The SMILES string of the molecule is COC(=O)Cn1nc2nc(Nc3ccccc3)ccn2c1=O. The molecule has 0 saturated heterocycles. The minimum atomic E-state index is -0.548. The van der Waals surface area contributed by atoms with Crippen molar-refractivity contribution < 1.29 is 9.53 Å². The monoisotopic (exact) mass is 299 g/mol. The number of nitrogens with zero attached hydrogens (tertiary/aromatic N) is 4. The highest BCUT2D eigenvalue weighted by molar-refractivity contribution is 5.68. The number of rotatable bonds is 4. The number of carbonyl (C=O) groups excluding carboxylic acids is 1. The number of esters is 1. The lowest BCUT2D eigenvalue weighted by Gasteiger charge is -2.04. The van der Waals surface area contributed by atoms with Crippen LogP contribution >= 0.6 is 0 Å². The van der Waals surface area contributed by atoms with Crippen molar-refractivity contribution in [2.24, 2.45) is 0 Å². The number of hydrogen-bond donors (Lipinski definition) is 1. The second-order valence-electron chi connectivity index (χ2n) is 4.49. The molecule has 0 atom stereocenters. The number of methoxy groups -OCH3 is 1. The Morgan fingerprint density at radius 2 is 2.05 bits per heavy atom. The lowest BCUT2D eigenvalue weighted by molar-refractivity contribution is -0.141. The highest BCUT2D eigenvalue weighted by Gasteiger charge is 2.12. The van der Waals surface area contributed by atoms with E-state index in [1.165, 1.54) is 11.5 Å². The summed E-state index contributed by atoms with van der Waals surface area (Å²) < 4.78 is 6.80. The Morgan fingerprint density at radius 1 is 1.27 bits per heavy atom. The molecule has 1 aromatic carbocycles.